The Balaban J connectivity index is 1.56. The van der Waals surface area contributed by atoms with Gasteiger partial charge in [-0.05, 0) is 66.6 Å². The number of ether oxygens (including phenoxy) is 1. The summed E-state index contributed by atoms with van der Waals surface area (Å²) in [5.41, 5.74) is 0.642. The Bertz CT molecular complexity index is 612. The van der Waals surface area contributed by atoms with Crippen molar-refractivity contribution in [2.75, 3.05) is 7.11 Å². The van der Waals surface area contributed by atoms with Gasteiger partial charge in [0.15, 0.2) is 0 Å². The van der Waals surface area contributed by atoms with E-state index >= 15 is 0 Å². The monoisotopic (exact) mass is 316 g/mol. The molecule has 0 radical (unpaired) electrons. The molecule has 0 aromatic carbocycles. The second-order valence-corrected chi connectivity index (χ2v) is 9.84. The summed E-state index contributed by atoms with van der Waals surface area (Å²) in [5.74, 6) is 2.17. The number of methoxy groups -OCH3 is 1. The molecule has 6 saturated carbocycles. The van der Waals surface area contributed by atoms with E-state index < -0.39 is 0 Å². The fourth-order valence-electron chi connectivity index (χ4n) is 8.42. The minimum absolute atomic E-state index is 0.0206. The number of esters is 1. The first kappa shape index (κ1) is 14.5. The van der Waals surface area contributed by atoms with Crippen LogP contribution in [0.2, 0.25) is 0 Å². The van der Waals surface area contributed by atoms with Crippen LogP contribution in [-0.4, -0.2) is 18.9 Å². The second-order valence-electron chi connectivity index (χ2n) is 9.84. The molecule has 23 heavy (non-hydrogen) atoms. The summed E-state index contributed by atoms with van der Waals surface area (Å²) in [4.78, 5) is 25.6. The van der Waals surface area contributed by atoms with Gasteiger partial charge in [-0.1, -0.05) is 20.3 Å². The zero-order chi connectivity index (χ0) is 16.2. The molecule has 3 heteroatoms. The maximum atomic E-state index is 13.3. The maximum Gasteiger partial charge on any atom is 0.308 e. The van der Waals surface area contributed by atoms with Crippen molar-refractivity contribution in [2.24, 2.45) is 45.8 Å². The molecule has 3 nitrogen and oxygen atoms in total. The molecule has 6 aliphatic carbocycles. The van der Waals surface area contributed by atoms with Crippen LogP contribution in [0.4, 0.5) is 0 Å². The van der Waals surface area contributed by atoms with E-state index in [9.17, 15) is 9.59 Å². The van der Waals surface area contributed by atoms with E-state index in [-0.39, 0.29) is 28.6 Å². The van der Waals surface area contributed by atoms with Crippen LogP contribution in [0.5, 0.6) is 0 Å². The number of fused-ring (bicyclic) bond motifs is 1. The number of Topliss-reactive ketones (excluding diaryl/α,β-unsaturated/α-hetero) is 1. The Labute approximate surface area is 138 Å². The van der Waals surface area contributed by atoms with Crippen molar-refractivity contribution in [1.29, 1.82) is 0 Å². The van der Waals surface area contributed by atoms with E-state index in [0.29, 0.717) is 29.0 Å². The van der Waals surface area contributed by atoms with Crippen molar-refractivity contribution in [3.63, 3.8) is 0 Å². The molecule has 1 spiro atoms. The number of hydrogen-bond donors (Lipinski definition) is 0. The van der Waals surface area contributed by atoms with Gasteiger partial charge >= 0.3 is 5.97 Å². The molecule has 8 atom stereocenters. The van der Waals surface area contributed by atoms with Crippen LogP contribution in [-0.2, 0) is 14.3 Å². The summed E-state index contributed by atoms with van der Waals surface area (Å²) < 4.78 is 5.10. The fourth-order valence-corrected chi connectivity index (χ4v) is 8.42. The van der Waals surface area contributed by atoms with E-state index in [1.54, 1.807) is 0 Å². The highest BCUT2D eigenvalue weighted by molar-refractivity contribution is 5.92. The largest absolute Gasteiger partial charge is 0.469 e. The first-order valence-electron chi connectivity index (χ1n) is 9.49. The normalized spacial score (nSPS) is 59.1. The van der Waals surface area contributed by atoms with Crippen LogP contribution in [0.15, 0.2) is 0 Å². The lowest BCUT2D eigenvalue weighted by Gasteiger charge is -2.62. The van der Waals surface area contributed by atoms with Gasteiger partial charge in [-0.15, -0.1) is 0 Å². The predicted octanol–water partition coefficient (Wildman–Crippen LogP) is 3.61. The lowest BCUT2D eigenvalue weighted by Crippen LogP contribution is -2.60. The lowest BCUT2D eigenvalue weighted by atomic mass is 9.41. The zero-order valence-electron chi connectivity index (χ0n) is 14.6. The summed E-state index contributed by atoms with van der Waals surface area (Å²) in [7, 11) is 1.51. The third-order valence-electron chi connectivity index (χ3n) is 9.09. The number of carbonyl (C=O) groups excluding carboxylic acids is 2. The van der Waals surface area contributed by atoms with E-state index in [2.05, 4.69) is 13.8 Å². The fraction of sp³-hybridized carbons (Fsp3) is 0.900. The average molecular weight is 316 g/mol. The van der Waals surface area contributed by atoms with E-state index in [0.717, 1.165) is 32.1 Å². The van der Waals surface area contributed by atoms with Crippen molar-refractivity contribution < 1.29 is 14.3 Å². The molecule has 6 rings (SSSR count). The summed E-state index contributed by atoms with van der Waals surface area (Å²) in [5, 5.41) is 0. The highest BCUT2D eigenvalue weighted by Gasteiger charge is 2.81. The maximum absolute atomic E-state index is 13.3. The van der Waals surface area contributed by atoms with Gasteiger partial charge in [0, 0.05) is 11.8 Å². The zero-order valence-corrected chi connectivity index (χ0v) is 14.6. The summed E-state index contributed by atoms with van der Waals surface area (Å²) in [6.45, 7) is 4.70. The van der Waals surface area contributed by atoms with Crippen LogP contribution in [0, 0.1) is 45.8 Å². The van der Waals surface area contributed by atoms with Crippen molar-refractivity contribution in [1.82, 2.24) is 0 Å². The third-order valence-corrected chi connectivity index (χ3v) is 9.09. The van der Waals surface area contributed by atoms with Crippen LogP contribution in [0.1, 0.15) is 58.8 Å². The predicted molar refractivity (Wildman–Crippen MR) is 85.4 cm³/mol. The Morgan fingerprint density at radius 3 is 2.57 bits per heavy atom. The number of rotatable bonds is 1. The SMILES string of the molecule is COC(=O)[C@@H]1CCC[C@]2(C)[C@@H]1CC[C@@]13C[C@H]4[C@@H](C(=O)[C@H]12)[C@@]4(C)C3. The molecule has 6 aliphatic rings. The standard InChI is InChI=1S/C20H28O3/c1-18-7-4-5-11(17(22)23-3)12(18)6-8-20-9-13-14(15(21)16(18)20)19(13,2)10-20/h11-14,16H,4-10H2,1-3H3/t11-,12-,13+,14+,16+,18-,19+,20+/m1/s1. The van der Waals surface area contributed by atoms with Gasteiger partial charge in [0.25, 0.3) is 0 Å². The Kier molecular flexibility index (Phi) is 2.54. The van der Waals surface area contributed by atoms with Crippen LogP contribution in [0.3, 0.4) is 0 Å². The average Bonchev–Trinajstić information content (AvgIpc) is 2.98. The highest BCUT2D eigenvalue weighted by atomic mass is 16.5. The summed E-state index contributed by atoms with van der Waals surface area (Å²) in [6.07, 6.45) is 7.98. The Morgan fingerprint density at radius 1 is 1.13 bits per heavy atom. The third kappa shape index (κ3) is 1.45. The smallest absolute Gasteiger partial charge is 0.308 e. The molecule has 126 valence electrons. The number of carbonyl (C=O) groups is 2. The van der Waals surface area contributed by atoms with Gasteiger partial charge < -0.3 is 4.74 Å². The molecule has 0 saturated heterocycles. The van der Waals surface area contributed by atoms with E-state index in [1.165, 1.54) is 20.0 Å². The molecule has 0 N–H and O–H groups in total. The molecule has 0 heterocycles. The molecule has 0 aromatic heterocycles. The van der Waals surface area contributed by atoms with Gasteiger partial charge in [-0.3, -0.25) is 9.59 Å². The molecule has 0 amide bonds. The van der Waals surface area contributed by atoms with Gasteiger partial charge in [0.05, 0.1) is 13.0 Å². The molecule has 6 fully saturated rings. The van der Waals surface area contributed by atoms with Gasteiger partial charge in [-0.2, -0.15) is 0 Å². The summed E-state index contributed by atoms with van der Waals surface area (Å²) >= 11 is 0. The number of ketones is 1. The minimum Gasteiger partial charge on any atom is -0.469 e. The van der Waals surface area contributed by atoms with Gasteiger partial charge in [-0.25, -0.2) is 0 Å². The van der Waals surface area contributed by atoms with Crippen molar-refractivity contribution in [2.45, 2.75) is 58.8 Å². The quantitative estimate of drug-likeness (QED) is 0.694. The van der Waals surface area contributed by atoms with Crippen molar-refractivity contribution in [3.8, 4) is 0 Å². The Hall–Kier alpha value is -0.860. The minimum atomic E-state index is -0.0390. The van der Waals surface area contributed by atoms with Crippen LogP contribution < -0.4 is 0 Å². The highest BCUT2D eigenvalue weighted by Crippen LogP contribution is 2.84. The van der Waals surface area contributed by atoms with Crippen LogP contribution in [0.25, 0.3) is 0 Å². The van der Waals surface area contributed by atoms with Crippen molar-refractivity contribution >= 4 is 11.8 Å². The topological polar surface area (TPSA) is 43.4 Å². The Morgan fingerprint density at radius 2 is 1.91 bits per heavy atom. The van der Waals surface area contributed by atoms with Crippen LogP contribution >= 0.6 is 0 Å². The molecule has 0 unspecified atom stereocenters. The molecule has 4 bridgehead atoms. The number of hydrogen-bond acceptors (Lipinski definition) is 3. The van der Waals surface area contributed by atoms with Crippen molar-refractivity contribution in [3.05, 3.63) is 0 Å². The lowest BCUT2D eigenvalue weighted by molar-refractivity contribution is -0.177. The van der Waals surface area contributed by atoms with E-state index in [4.69, 9.17) is 4.74 Å². The molecule has 0 aliphatic heterocycles. The van der Waals surface area contributed by atoms with Gasteiger partial charge in [0.1, 0.15) is 5.78 Å². The van der Waals surface area contributed by atoms with E-state index in [1.807, 2.05) is 0 Å². The first-order chi connectivity index (χ1) is 10.9. The summed E-state index contributed by atoms with van der Waals surface area (Å²) in [6, 6.07) is 0. The molecule has 0 aromatic rings. The molecular formula is C20H28O3. The first-order valence-corrected chi connectivity index (χ1v) is 9.49. The molecular weight excluding hydrogens is 288 g/mol. The van der Waals surface area contributed by atoms with Gasteiger partial charge in [0.2, 0.25) is 0 Å². The second kappa shape index (κ2) is 4.03.